The number of nitrogens with two attached hydrogens (primary N) is 1. The Morgan fingerprint density at radius 1 is 1.56 bits per heavy atom. The van der Waals surface area contributed by atoms with Gasteiger partial charge in [0.25, 0.3) is 0 Å². The SMILES string of the molecule is CN(C)C(=O)Cc1nc(CSCC(C)(C)N)cs1. The van der Waals surface area contributed by atoms with Crippen LogP contribution in [0.25, 0.3) is 0 Å². The standard InChI is InChI=1S/C12H21N3OS2/c1-12(2,13)8-17-6-9-7-18-10(14-9)5-11(16)15(3)4/h7H,5-6,8,13H2,1-4H3. The lowest BCUT2D eigenvalue weighted by atomic mass is 10.1. The second kappa shape index (κ2) is 6.54. The van der Waals surface area contributed by atoms with E-state index in [0.29, 0.717) is 6.42 Å². The first-order valence-corrected chi connectivity index (χ1v) is 7.81. The minimum Gasteiger partial charge on any atom is -0.348 e. The van der Waals surface area contributed by atoms with Gasteiger partial charge >= 0.3 is 0 Å². The van der Waals surface area contributed by atoms with Crippen LogP contribution in [0.3, 0.4) is 0 Å². The second-order valence-corrected chi connectivity index (χ2v) is 7.11. The maximum atomic E-state index is 11.5. The quantitative estimate of drug-likeness (QED) is 0.866. The van der Waals surface area contributed by atoms with Gasteiger partial charge in [-0.3, -0.25) is 4.79 Å². The number of carbonyl (C=O) groups is 1. The number of carbonyl (C=O) groups excluding carboxylic acids is 1. The summed E-state index contributed by atoms with van der Waals surface area (Å²) in [6.07, 6.45) is 0.394. The van der Waals surface area contributed by atoms with Crippen molar-refractivity contribution in [2.45, 2.75) is 31.6 Å². The lowest BCUT2D eigenvalue weighted by Crippen LogP contribution is -2.34. The largest absolute Gasteiger partial charge is 0.348 e. The van der Waals surface area contributed by atoms with Crippen molar-refractivity contribution < 1.29 is 4.79 Å². The lowest BCUT2D eigenvalue weighted by Gasteiger charge is -2.16. The number of aromatic nitrogens is 1. The Bertz CT molecular complexity index is 396. The molecule has 1 amide bonds. The van der Waals surface area contributed by atoms with Crippen molar-refractivity contribution in [3.05, 3.63) is 16.1 Å². The Labute approximate surface area is 117 Å². The number of likely N-dealkylation sites (N-methyl/N-ethyl adjacent to an activating group) is 1. The van der Waals surface area contributed by atoms with Crippen molar-refractivity contribution >= 4 is 29.0 Å². The van der Waals surface area contributed by atoms with Gasteiger partial charge in [0.1, 0.15) is 5.01 Å². The molecular weight excluding hydrogens is 266 g/mol. The van der Waals surface area contributed by atoms with Crippen LogP contribution < -0.4 is 5.73 Å². The molecule has 1 aromatic heterocycles. The van der Waals surface area contributed by atoms with E-state index < -0.39 is 0 Å². The first-order chi connectivity index (χ1) is 8.28. The fraction of sp³-hybridized carbons (Fsp3) is 0.667. The highest BCUT2D eigenvalue weighted by molar-refractivity contribution is 7.98. The first kappa shape index (κ1) is 15.5. The number of amides is 1. The minimum atomic E-state index is -0.148. The van der Waals surface area contributed by atoms with Crippen molar-refractivity contribution in [3.8, 4) is 0 Å². The maximum Gasteiger partial charge on any atom is 0.228 e. The normalized spacial score (nSPS) is 11.6. The van der Waals surface area contributed by atoms with Gasteiger partial charge in [-0.25, -0.2) is 4.98 Å². The van der Waals surface area contributed by atoms with Crippen molar-refractivity contribution in [1.29, 1.82) is 0 Å². The molecular formula is C12H21N3OS2. The highest BCUT2D eigenvalue weighted by Crippen LogP contribution is 2.19. The van der Waals surface area contributed by atoms with Crippen LogP contribution in [0, 0.1) is 0 Å². The molecule has 6 heteroatoms. The minimum absolute atomic E-state index is 0.0895. The molecule has 0 fully saturated rings. The fourth-order valence-electron chi connectivity index (χ4n) is 1.20. The Balaban J connectivity index is 2.41. The highest BCUT2D eigenvalue weighted by Gasteiger charge is 2.12. The molecule has 0 radical (unpaired) electrons. The van der Waals surface area contributed by atoms with Gasteiger partial charge in [0.15, 0.2) is 0 Å². The van der Waals surface area contributed by atoms with Crippen LogP contribution in [0.1, 0.15) is 24.5 Å². The average Bonchev–Trinajstić information content (AvgIpc) is 2.63. The van der Waals surface area contributed by atoms with Crippen molar-refractivity contribution in [3.63, 3.8) is 0 Å². The summed E-state index contributed by atoms with van der Waals surface area (Å²) < 4.78 is 0. The zero-order valence-electron chi connectivity index (χ0n) is 11.4. The summed E-state index contributed by atoms with van der Waals surface area (Å²) in [6, 6.07) is 0. The van der Waals surface area contributed by atoms with Gasteiger partial charge in [-0.05, 0) is 13.8 Å². The Hall–Kier alpha value is -0.590. The molecule has 0 aliphatic rings. The van der Waals surface area contributed by atoms with E-state index in [1.807, 2.05) is 19.2 Å². The molecule has 0 aliphatic heterocycles. The summed E-state index contributed by atoms with van der Waals surface area (Å²) in [7, 11) is 3.52. The molecule has 102 valence electrons. The molecule has 0 aliphatic carbocycles. The topological polar surface area (TPSA) is 59.2 Å². The van der Waals surface area contributed by atoms with E-state index in [9.17, 15) is 4.79 Å². The highest BCUT2D eigenvalue weighted by atomic mass is 32.2. The zero-order valence-corrected chi connectivity index (χ0v) is 13.0. The van der Waals surface area contributed by atoms with Gasteiger partial charge in [0.2, 0.25) is 5.91 Å². The molecule has 0 aromatic carbocycles. The van der Waals surface area contributed by atoms with Crippen molar-refractivity contribution in [2.75, 3.05) is 19.8 Å². The molecule has 0 unspecified atom stereocenters. The molecule has 0 saturated carbocycles. The Kier molecular flexibility index (Phi) is 5.62. The number of hydrogen-bond acceptors (Lipinski definition) is 5. The van der Waals surface area contributed by atoms with Crippen LogP contribution >= 0.6 is 23.1 Å². The van der Waals surface area contributed by atoms with Crippen LogP contribution in [0.2, 0.25) is 0 Å². The molecule has 4 nitrogen and oxygen atoms in total. The van der Waals surface area contributed by atoms with Gasteiger partial charge in [-0.2, -0.15) is 11.8 Å². The number of rotatable bonds is 6. The molecule has 0 atom stereocenters. The third-order valence-corrected chi connectivity index (χ3v) is 4.47. The predicted molar refractivity (Wildman–Crippen MR) is 78.9 cm³/mol. The molecule has 1 heterocycles. The van der Waals surface area contributed by atoms with E-state index in [-0.39, 0.29) is 11.4 Å². The zero-order chi connectivity index (χ0) is 13.8. The third kappa shape index (κ3) is 5.84. The van der Waals surface area contributed by atoms with E-state index in [2.05, 4.69) is 4.98 Å². The van der Waals surface area contributed by atoms with Crippen molar-refractivity contribution in [1.82, 2.24) is 9.88 Å². The summed E-state index contributed by atoms with van der Waals surface area (Å²) in [6.45, 7) is 4.03. The summed E-state index contributed by atoms with van der Waals surface area (Å²) >= 11 is 3.33. The van der Waals surface area contributed by atoms with Gasteiger partial charge in [0.05, 0.1) is 12.1 Å². The second-order valence-electron chi connectivity index (χ2n) is 5.18. The fourth-order valence-corrected chi connectivity index (χ4v) is 3.08. The van der Waals surface area contributed by atoms with E-state index >= 15 is 0 Å². The van der Waals surface area contributed by atoms with Crippen LogP contribution in [0.5, 0.6) is 0 Å². The molecule has 2 N–H and O–H groups in total. The van der Waals surface area contributed by atoms with E-state index in [4.69, 9.17) is 5.73 Å². The van der Waals surface area contributed by atoms with E-state index in [0.717, 1.165) is 22.2 Å². The molecule has 0 spiro atoms. The smallest absolute Gasteiger partial charge is 0.228 e. The summed E-state index contributed by atoms with van der Waals surface area (Å²) in [5, 5.41) is 2.91. The molecule has 18 heavy (non-hydrogen) atoms. The van der Waals surface area contributed by atoms with Crippen LogP contribution in [0.15, 0.2) is 5.38 Å². The maximum absolute atomic E-state index is 11.5. The van der Waals surface area contributed by atoms with Gasteiger partial charge in [0, 0.05) is 36.5 Å². The number of thioether (sulfide) groups is 1. The number of nitrogens with zero attached hydrogens (tertiary/aromatic N) is 2. The van der Waals surface area contributed by atoms with Crippen LogP contribution in [-0.2, 0) is 17.0 Å². The predicted octanol–water partition coefficient (Wildman–Crippen LogP) is 1.74. The van der Waals surface area contributed by atoms with Gasteiger partial charge < -0.3 is 10.6 Å². The van der Waals surface area contributed by atoms with Gasteiger partial charge in [-0.15, -0.1) is 11.3 Å². The summed E-state index contributed by atoms with van der Waals surface area (Å²) in [5.41, 5.74) is 6.80. The van der Waals surface area contributed by atoms with Crippen LogP contribution in [-0.4, -0.2) is 41.2 Å². The van der Waals surface area contributed by atoms with E-state index in [1.165, 1.54) is 0 Å². The monoisotopic (exact) mass is 287 g/mol. The first-order valence-electron chi connectivity index (χ1n) is 5.78. The molecule has 1 rings (SSSR count). The van der Waals surface area contributed by atoms with Crippen LogP contribution in [0.4, 0.5) is 0 Å². The Morgan fingerprint density at radius 3 is 2.78 bits per heavy atom. The molecule has 0 bridgehead atoms. The van der Waals surface area contributed by atoms with Crippen molar-refractivity contribution in [2.24, 2.45) is 5.73 Å². The molecule has 0 saturated heterocycles. The Morgan fingerprint density at radius 2 is 2.22 bits per heavy atom. The van der Waals surface area contributed by atoms with E-state index in [1.54, 1.807) is 42.1 Å². The van der Waals surface area contributed by atoms with Gasteiger partial charge in [-0.1, -0.05) is 0 Å². The number of thiazole rings is 1. The third-order valence-electron chi connectivity index (χ3n) is 2.12. The summed E-state index contributed by atoms with van der Waals surface area (Å²) in [5.74, 6) is 1.84. The average molecular weight is 287 g/mol. The number of hydrogen-bond donors (Lipinski definition) is 1. The molecule has 1 aromatic rings. The summed E-state index contributed by atoms with van der Waals surface area (Å²) in [4.78, 5) is 17.6. The lowest BCUT2D eigenvalue weighted by molar-refractivity contribution is -0.127.